The van der Waals surface area contributed by atoms with Crippen LogP contribution in [0.5, 0.6) is 5.75 Å². The molecule has 0 aliphatic heterocycles. The first-order valence-corrected chi connectivity index (χ1v) is 11.2. The van der Waals surface area contributed by atoms with Gasteiger partial charge in [-0.2, -0.15) is 5.26 Å². The van der Waals surface area contributed by atoms with Crippen LogP contribution in [0.15, 0.2) is 54.6 Å². The highest BCUT2D eigenvalue weighted by molar-refractivity contribution is 14.1. The number of fused-ring (bicyclic) bond motifs is 1. The van der Waals surface area contributed by atoms with Crippen LogP contribution >= 0.6 is 45.2 Å². The zero-order chi connectivity index (χ0) is 22.0. The maximum atomic E-state index is 13.4. The maximum Gasteiger partial charge on any atom is 0.149 e. The molecule has 0 fully saturated rings. The normalized spacial score (nSPS) is 11.5. The lowest BCUT2D eigenvalue weighted by molar-refractivity contribution is 0.301. The Morgan fingerprint density at radius 3 is 2.52 bits per heavy atom. The summed E-state index contributed by atoms with van der Waals surface area (Å²) in [5.74, 6) is 0.395. The molecule has 0 aliphatic carbocycles. The van der Waals surface area contributed by atoms with Crippen LogP contribution in [0.4, 0.5) is 8.78 Å². The first-order valence-electron chi connectivity index (χ1n) is 9.06. The zero-order valence-corrected chi connectivity index (χ0v) is 20.1. The van der Waals surface area contributed by atoms with Gasteiger partial charge in [0.2, 0.25) is 0 Å². The van der Waals surface area contributed by atoms with Crippen molar-refractivity contribution in [3.63, 3.8) is 0 Å². The molecular weight excluding hydrogens is 626 g/mol. The van der Waals surface area contributed by atoms with Gasteiger partial charge in [0.1, 0.15) is 35.9 Å². The second-order valence-corrected chi connectivity index (χ2v) is 8.97. The van der Waals surface area contributed by atoms with Crippen molar-refractivity contribution in [3.05, 3.63) is 90.3 Å². The third-order valence-corrected chi connectivity index (χ3v) is 6.03. The minimum atomic E-state index is -0.372. The molecule has 3 aromatic carbocycles. The van der Waals surface area contributed by atoms with Crippen molar-refractivity contribution >= 4 is 67.9 Å². The monoisotopic (exact) mass is 639 g/mol. The van der Waals surface area contributed by atoms with Crippen LogP contribution in [-0.2, 0) is 6.61 Å². The Labute approximate surface area is 204 Å². The number of imidazole rings is 1. The van der Waals surface area contributed by atoms with E-state index in [4.69, 9.17) is 4.74 Å². The fourth-order valence-corrected chi connectivity index (χ4v) is 5.14. The third kappa shape index (κ3) is 5.04. The number of aromatic nitrogens is 2. The smallest absolute Gasteiger partial charge is 0.149 e. The highest BCUT2D eigenvalue weighted by Crippen LogP contribution is 2.31. The number of nitrogens with one attached hydrogen (secondary N) is 1. The van der Waals surface area contributed by atoms with E-state index in [1.165, 1.54) is 24.3 Å². The van der Waals surface area contributed by atoms with Gasteiger partial charge >= 0.3 is 0 Å². The Kier molecular flexibility index (Phi) is 6.52. The highest BCUT2D eigenvalue weighted by Gasteiger charge is 2.12. The van der Waals surface area contributed by atoms with Gasteiger partial charge in [-0.3, -0.25) is 0 Å². The molecule has 0 unspecified atom stereocenters. The summed E-state index contributed by atoms with van der Waals surface area (Å²) < 4.78 is 34.4. The van der Waals surface area contributed by atoms with E-state index >= 15 is 0 Å². The van der Waals surface area contributed by atoms with Gasteiger partial charge < -0.3 is 9.72 Å². The van der Waals surface area contributed by atoms with Crippen molar-refractivity contribution in [3.8, 4) is 11.8 Å². The first kappa shape index (κ1) is 21.7. The van der Waals surface area contributed by atoms with Crippen LogP contribution in [0.25, 0.3) is 22.7 Å². The van der Waals surface area contributed by atoms with E-state index in [2.05, 4.69) is 61.2 Å². The fourth-order valence-electron chi connectivity index (χ4n) is 3.01. The molecule has 0 aliphatic rings. The molecular formula is C23H13F2I2N3O. The predicted octanol–water partition coefficient (Wildman–Crippen LogP) is 6.69. The van der Waals surface area contributed by atoms with E-state index in [-0.39, 0.29) is 18.2 Å². The molecule has 0 spiro atoms. The van der Waals surface area contributed by atoms with Gasteiger partial charge in [-0.05, 0) is 105 Å². The molecule has 0 saturated carbocycles. The molecule has 0 amide bonds. The van der Waals surface area contributed by atoms with Crippen molar-refractivity contribution in [1.82, 2.24) is 9.97 Å². The van der Waals surface area contributed by atoms with Gasteiger partial charge in [-0.15, -0.1) is 0 Å². The molecule has 4 aromatic rings. The molecule has 31 heavy (non-hydrogen) atoms. The molecule has 8 heteroatoms. The van der Waals surface area contributed by atoms with Crippen LogP contribution in [0, 0.1) is 30.1 Å². The average Bonchev–Trinajstić information content (AvgIpc) is 3.14. The minimum Gasteiger partial charge on any atom is -0.487 e. The number of hydrogen-bond acceptors (Lipinski definition) is 3. The second-order valence-electron chi connectivity index (χ2n) is 6.65. The SMILES string of the molecule is N#C/C(=C/c1cc(I)c(OCc2cccc(F)c2)c(I)c1)c1nc2ccc(F)cc2[nH]1. The van der Waals surface area contributed by atoms with Crippen molar-refractivity contribution in [2.75, 3.05) is 0 Å². The third-order valence-electron chi connectivity index (χ3n) is 4.42. The van der Waals surface area contributed by atoms with Crippen molar-refractivity contribution in [2.45, 2.75) is 6.61 Å². The molecule has 0 bridgehead atoms. The quantitative estimate of drug-likeness (QED) is 0.196. The zero-order valence-electron chi connectivity index (χ0n) is 15.8. The fraction of sp³-hybridized carbons (Fsp3) is 0.0435. The Morgan fingerprint density at radius 2 is 1.81 bits per heavy atom. The van der Waals surface area contributed by atoms with Gasteiger partial charge in [0.15, 0.2) is 0 Å². The summed E-state index contributed by atoms with van der Waals surface area (Å²) in [6, 6.07) is 16.5. The van der Waals surface area contributed by atoms with Gasteiger partial charge in [-0.1, -0.05) is 12.1 Å². The number of nitrogens with zero attached hydrogens (tertiary/aromatic N) is 2. The molecule has 1 aromatic heterocycles. The van der Waals surface area contributed by atoms with Crippen LogP contribution in [-0.4, -0.2) is 9.97 Å². The molecule has 0 atom stereocenters. The van der Waals surface area contributed by atoms with Crippen LogP contribution in [0.3, 0.4) is 0 Å². The summed E-state index contributed by atoms with van der Waals surface area (Å²) >= 11 is 4.34. The summed E-state index contributed by atoms with van der Waals surface area (Å²) in [7, 11) is 0. The molecule has 4 nitrogen and oxygen atoms in total. The summed E-state index contributed by atoms with van der Waals surface area (Å²) in [4.78, 5) is 7.37. The molecule has 154 valence electrons. The molecule has 1 heterocycles. The number of allylic oxidation sites excluding steroid dienone is 1. The van der Waals surface area contributed by atoms with Crippen molar-refractivity contribution in [1.29, 1.82) is 5.26 Å². The number of hydrogen-bond donors (Lipinski definition) is 1. The largest absolute Gasteiger partial charge is 0.487 e. The summed E-state index contributed by atoms with van der Waals surface area (Å²) in [6.45, 7) is 0.248. The average molecular weight is 639 g/mol. The number of aromatic amines is 1. The molecule has 1 N–H and O–H groups in total. The minimum absolute atomic E-state index is 0.248. The number of rotatable bonds is 5. The van der Waals surface area contributed by atoms with E-state index in [1.807, 2.05) is 12.1 Å². The topological polar surface area (TPSA) is 61.7 Å². The summed E-state index contributed by atoms with van der Waals surface area (Å²) in [5.41, 5.74) is 2.99. The Hall–Kier alpha value is -2.52. The highest BCUT2D eigenvalue weighted by atomic mass is 127. The molecule has 0 radical (unpaired) electrons. The number of ether oxygens (including phenoxy) is 1. The number of nitriles is 1. The number of H-pyrrole nitrogens is 1. The lowest BCUT2D eigenvalue weighted by atomic mass is 10.1. The summed E-state index contributed by atoms with van der Waals surface area (Å²) in [5, 5.41) is 9.63. The Morgan fingerprint density at radius 1 is 1.06 bits per heavy atom. The van der Waals surface area contributed by atoms with Crippen molar-refractivity contribution < 1.29 is 13.5 Å². The van der Waals surface area contributed by atoms with Gasteiger partial charge in [0.05, 0.1) is 23.7 Å². The van der Waals surface area contributed by atoms with Crippen LogP contribution < -0.4 is 4.74 Å². The Balaban J connectivity index is 1.61. The predicted molar refractivity (Wildman–Crippen MR) is 132 cm³/mol. The number of halogens is 4. The second kappa shape index (κ2) is 9.32. The van der Waals surface area contributed by atoms with Gasteiger partial charge in [0, 0.05) is 0 Å². The van der Waals surface area contributed by atoms with Crippen LogP contribution in [0.2, 0.25) is 0 Å². The van der Waals surface area contributed by atoms with Crippen molar-refractivity contribution in [2.24, 2.45) is 0 Å². The van der Waals surface area contributed by atoms with Gasteiger partial charge in [0.25, 0.3) is 0 Å². The molecule has 4 rings (SSSR count). The molecule has 0 saturated heterocycles. The van der Waals surface area contributed by atoms with E-state index in [9.17, 15) is 14.0 Å². The van der Waals surface area contributed by atoms with E-state index < -0.39 is 0 Å². The van der Waals surface area contributed by atoms with Gasteiger partial charge in [-0.25, -0.2) is 13.8 Å². The standard InChI is InChI=1S/C23H13F2I2N3O/c24-16-3-1-2-13(7-16)12-31-22-18(26)8-14(9-19(22)27)6-15(11-28)23-29-20-5-4-17(25)10-21(20)30-23/h1-10H,12H2,(H,29,30)/b15-6-. The number of benzene rings is 3. The lowest BCUT2D eigenvalue weighted by Crippen LogP contribution is -2.00. The van der Waals surface area contributed by atoms with Crippen LogP contribution in [0.1, 0.15) is 17.0 Å². The Bertz CT molecular complexity index is 1340. The van der Waals surface area contributed by atoms with E-state index in [0.717, 1.165) is 18.3 Å². The van der Waals surface area contributed by atoms with E-state index in [1.54, 1.807) is 24.3 Å². The maximum absolute atomic E-state index is 13.4. The first-order chi connectivity index (χ1) is 14.9. The van der Waals surface area contributed by atoms with E-state index in [0.29, 0.717) is 28.2 Å². The lowest BCUT2D eigenvalue weighted by Gasteiger charge is -2.12. The summed E-state index contributed by atoms with van der Waals surface area (Å²) in [6.07, 6.45) is 1.72.